The third-order valence-electron chi connectivity index (χ3n) is 3.23. The Bertz CT molecular complexity index is 639. The van der Waals surface area contributed by atoms with E-state index in [1.54, 1.807) is 6.92 Å². The SMILES string of the molecule is CNC(=O)NC(=O)C(C)Nc1ccc(-c2ccccc2)cc1. The van der Waals surface area contributed by atoms with E-state index >= 15 is 0 Å². The molecule has 0 bridgehead atoms. The molecule has 0 radical (unpaired) electrons. The summed E-state index contributed by atoms with van der Waals surface area (Å²) in [6.45, 7) is 1.70. The van der Waals surface area contributed by atoms with Crippen molar-refractivity contribution in [1.29, 1.82) is 0 Å². The molecule has 22 heavy (non-hydrogen) atoms. The van der Waals surface area contributed by atoms with Crippen LogP contribution in [0, 0.1) is 0 Å². The zero-order chi connectivity index (χ0) is 15.9. The van der Waals surface area contributed by atoms with Gasteiger partial charge in [0.15, 0.2) is 0 Å². The van der Waals surface area contributed by atoms with Crippen molar-refractivity contribution in [2.75, 3.05) is 12.4 Å². The third-order valence-corrected chi connectivity index (χ3v) is 3.23. The first-order valence-electron chi connectivity index (χ1n) is 7.04. The second-order valence-corrected chi connectivity index (χ2v) is 4.88. The fraction of sp³-hybridized carbons (Fsp3) is 0.176. The molecule has 2 rings (SSSR count). The van der Waals surface area contributed by atoms with Gasteiger partial charge in [-0.2, -0.15) is 0 Å². The molecule has 1 atom stereocenters. The van der Waals surface area contributed by atoms with Crippen LogP contribution >= 0.6 is 0 Å². The number of benzene rings is 2. The Morgan fingerprint density at radius 2 is 1.50 bits per heavy atom. The van der Waals surface area contributed by atoms with Crippen molar-refractivity contribution in [2.24, 2.45) is 0 Å². The van der Waals surface area contributed by atoms with Gasteiger partial charge in [0.25, 0.3) is 0 Å². The van der Waals surface area contributed by atoms with Crippen LogP contribution in [0.2, 0.25) is 0 Å². The molecular weight excluding hydrogens is 278 g/mol. The van der Waals surface area contributed by atoms with Crippen LogP contribution < -0.4 is 16.0 Å². The fourth-order valence-corrected chi connectivity index (χ4v) is 1.99. The Hall–Kier alpha value is -2.82. The van der Waals surface area contributed by atoms with Gasteiger partial charge in [-0.3, -0.25) is 10.1 Å². The predicted molar refractivity (Wildman–Crippen MR) is 87.6 cm³/mol. The van der Waals surface area contributed by atoms with Crippen molar-refractivity contribution >= 4 is 17.6 Å². The van der Waals surface area contributed by atoms with Crippen LogP contribution in [0.4, 0.5) is 10.5 Å². The summed E-state index contributed by atoms with van der Waals surface area (Å²) in [6, 6.07) is 16.8. The van der Waals surface area contributed by atoms with Gasteiger partial charge >= 0.3 is 6.03 Å². The molecule has 0 saturated carbocycles. The number of hydrogen-bond donors (Lipinski definition) is 3. The summed E-state index contributed by atoms with van der Waals surface area (Å²) in [5.74, 6) is -0.383. The van der Waals surface area contributed by atoms with Crippen LogP contribution in [-0.2, 0) is 4.79 Å². The number of urea groups is 1. The molecular formula is C17H19N3O2. The monoisotopic (exact) mass is 297 g/mol. The van der Waals surface area contributed by atoms with Gasteiger partial charge < -0.3 is 10.6 Å². The number of carbonyl (C=O) groups is 2. The lowest BCUT2D eigenvalue weighted by Gasteiger charge is -2.15. The molecule has 0 aromatic heterocycles. The minimum absolute atomic E-state index is 0.383. The average molecular weight is 297 g/mol. The second kappa shape index (κ2) is 7.26. The maximum Gasteiger partial charge on any atom is 0.321 e. The number of hydrogen-bond acceptors (Lipinski definition) is 3. The van der Waals surface area contributed by atoms with Crippen LogP contribution in [0.5, 0.6) is 0 Å². The van der Waals surface area contributed by atoms with E-state index in [1.165, 1.54) is 7.05 Å². The summed E-state index contributed by atoms with van der Waals surface area (Å²) in [4.78, 5) is 22.9. The zero-order valence-electron chi connectivity index (χ0n) is 12.6. The van der Waals surface area contributed by atoms with E-state index in [0.29, 0.717) is 0 Å². The Morgan fingerprint density at radius 1 is 0.909 bits per heavy atom. The molecule has 3 N–H and O–H groups in total. The number of carbonyl (C=O) groups excluding carboxylic acids is 2. The van der Waals surface area contributed by atoms with Gasteiger partial charge in [0, 0.05) is 12.7 Å². The molecule has 0 aliphatic rings. The highest BCUT2D eigenvalue weighted by atomic mass is 16.2. The maximum absolute atomic E-state index is 11.8. The lowest BCUT2D eigenvalue weighted by molar-refractivity contribution is -0.120. The molecule has 0 heterocycles. The first kappa shape index (κ1) is 15.6. The quantitative estimate of drug-likeness (QED) is 0.812. The van der Waals surface area contributed by atoms with Gasteiger partial charge in [-0.1, -0.05) is 42.5 Å². The predicted octanol–water partition coefficient (Wildman–Crippen LogP) is 2.61. The average Bonchev–Trinajstić information content (AvgIpc) is 2.56. The molecule has 0 aliphatic carbocycles. The van der Waals surface area contributed by atoms with Crippen LogP contribution in [0.15, 0.2) is 54.6 Å². The summed E-state index contributed by atoms with van der Waals surface area (Å²) in [7, 11) is 1.46. The zero-order valence-corrected chi connectivity index (χ0v) is 12.6. The Kier molecular flexibility index (Phi) is 5.14. The minimum Gasteiger partial charge on any atom is -0.374 e. The maximum atomic E-state index is 11.8. The molecule has 0 aliphatic heterocycles. The van der Waals surface area contributed by atoms with Gasteiger partial charge in [0.1, 0.15) is 6.04 Å². The lowest BCUT2D eigenvalue weighted by Crippen LogP contribution is -2.44. The molecule has 114 valence electrons. The summed E-state index contributed by atoms with van der Waals surface area (Å²) < 4.78 is 0. The first-order chi connectivity index (χ1) is 10.6. The van der Waals surface area contributed by atoms with Crippen molar-refractivity contribution in [3.8, 4) is 11.1 Å². The lowest BCUT2D eigenvalue weighted by atomic mass is 10.1. The Balaban J connectivity index is 1.99. The van der Waals surface area contributed by atoms with E-state index in [9.17, 15) is 9.59 Å². The smallest absolute Gasteiger partial charge is 0.321 e. The van der Waals surface area contributed by atoms with Crippen LogP contribution in [-0.4, -0.2) is 25.0 Å². The van der Waals surface area contributed by atoms with Crippen molar-refractivity contribution in [1.82, 2.24) is 10.6 Å². The van der Waals surface area contributed by atoms with E-state index in [2.05, 4.69) is 16.0 Å². The largest absolute Gasteiger partial charge is 0.374 e. The van der Waals surface area contributed by atoms with Gasteiger partial charge in [-0.25, -0.2) is 4.79 Å². The Labute approximate surface area is 129 Å². The van der Waals surface area contributed by atoms with E-state index in [4.69, 9.17) is 0 Å². The van der Waals surface area contributed by atoms with Gasteiger partial charge in [0.2, 0.25) is 5.91 Å². The summed E-state index contributed by atoms with van der Waals surface area (Å²) in [5, 5.41) is 7.63. The Morgan fingerprint density at radius 3 is 2.09 bits per heavy atom. The summed E-state index contributed by atoms with van der Waals surface area (Å²) in [5.41, 5.74) is 3.06. The van der Waals surface area contributed by atoms with Crippen molar-refractivity contribution in [2.45, 2.75) is 13.0 Å². The third kappa shape index (κ3) is 4.09. The molecule has 5 nitrogen and oxygen atoms in total. The van der Waals surface area contributed by atoms with Crippen molar-refractivity contribution < 1.29 is 9.59 Å². The first-order valence-corrected chi connectivity index (χ1v) is 7.04. The molecule has 2 aromatic rings. The van der Waals surface area contributed by atoms with E-state index in [-0.39, 0.29) is 5.91 Å². The normalized spacial score (nSPS) is 11.4. The second-order valence-electron chi connectivity index (χ2n) is 4.88. The molecule has 3 amide bonds. The van der Waals surface area contributed by atoms with Gasteiger partial charge in [0.05, 0.1) is 0 Å². The van der Waals surface area contributed by atoms with Crippen LogP contribution in [0.3, 0.4) is 0 Å². The number of nitrogens with one attached hydrogen (secondary N) is 3. The summed E-state index contributed by atoms with van der Waals surface area (Å²) in [6.07, 6.45) is 0. The molecule has 5 heteroatoms. The van der Waals surface area contributed by atoms with Crippen molar-refractivity contribution in [3.63, 3.8) is 0 Å². The van der Waals surface area contributed by atoms with Gasteiger partial charge in [-0.15, -0.1) is 0 Å². The van der Waals surface area contributed by atoms with Crippen molar-refractivity contribution in [3.05, 3.63) is 54.6 Å². The fourth-order valence-electron chi connectivity index (χ4n) is 1.99. The summed E-state index contributed by atoms with van der Waals surface area (Å²) >= 11 is 0. The standard InChI is InChI=1S/C17H19N3O2/c1-12(16(21)20-17(22)18-2)19-15-10-8-14(9-11-15)13-6-4-3-5-7-13/h3-12,19H,1-2H3,(H2,18,20,21,22). The number of amides is 3. The molecule has 0 spiro atoms. The highest BCUT2D eigenvalue weighted by Crippen LogP contribution is 2.21. The molecule has 1 unspecified atom stereocenters. The molecule has 2 aromatic carbocycles. The minimum atomic E-state index is -0.516. The topological polar surface area (TPSA) is 70.2 Å². The highest BCUT2D eigenvalue weighted by Gasteiger charge is 2.14. The van der Waals surface area contributed by atoms with Gasteiger partial charge in [-0.05, 0) is 30.2 Å². The van der Waals surface area contributed by atoms with Crippen LogP contribution in [0.1, 0.15) is 6.92 Å². The van der Waals surface area contributed by atoms with E-state index < -0.39 is 12.1 Å². The molecule has 0 saturated heterocycles. The number of imide groups is 1. The highest BCUT2D eigenvalue weighted by molar-refractivity contribution is 5.97. The van der Waals surface area contributed by atoms with E-state index in [1.807, 2.05) is 54.6 Å². The molecule has 0 fully saturated rings. The van der Waals surface area contributed by atoms with Crippen LogP contribution in [0.25, 0.3) is 11.1 Å². The number of rotatable bonds is 4. The number of anilines is 1. The van der Waals surface area contributed by atoms with E-state index in [0.717, 1.165) is 16.8 Å².